The van der Waals surface area contributed by atoms with E-state index in [-0.39, 0.29) is 12.5 Å². The van der Waals surface area contributed by atoms with Crippen LogP contribution < -0.4 is 0 Å². The topological polar surface area (TPSA) is 75.3 Å². The predicted octanol–water partition coefficient (Wildman–Crippen LogP) is 1.20. The largest absolute Gasteiger partial charge is 0.465 e. The van der Waals surface area contributed by atoms with Gasteiger partial charge < -0.3 is 9.64 Å². The minimum Gasteiger partial charge on any atom is -0.465 e. The highest BCUT2D eigenvalue weighted by atomic mass is 16.5. The smallest absolute Gasteiger partial charge is 0.325 e. The van der Waals surface area contributed by atoms with E-state index in [9.17, 15) is 9.59 Å². The molecule has 100 valence electrons. The molecule has 0 saturated carbocycles. The fourth-order valence-corrected chi connectivity index (χ4v) is 1.78. The van der Waals surface area contributed by atoms with Gasteiger partial charge >= 0.3 is 5.97 Å². The third kappa shape index (κ3) is 2.73. The zero-order valence-corrected chi connectivity index (χ0v) is 10.8. The molecule has 0 aliphatic heterocycles. The third-order valence-electron chi connectivity index (χ3n) is 2.69. The number of hydrogen-bond acceptors (Lipinski definition) is 4. The fourth-order valence-electron chi connectivity index (χ4n) is 1.78. The minimum atomic E-state index is -0.432. The number of ether oxygens (including phenoxy) is 1. The van der Waals surface area contributed by atoms with Crippen molar-refractivity contribution in [2.24, 2.45) is 0 Å². The summed E-state index contributed by atoms with van der Waals surface area (Å²) in [4.78, 5) is 24.8. The molecule has 1 aromatic heterocycles. The zero-order valence-electron chi connectivity index (χ0n) is 10.8. The molecule has 0 bridgehead atoms. The molecule has 0 fully saturated rings. The standard InChI is InChI=1S/C13H15N3O3/c1-3-19-11(17)8-16(2)13(18)12-9-6-4-5-7-10(9)14-15-12/h4-7H,3,8H2,1-2H3,(H,14,15). The van der Waals surface area contributed by atoms with Crippen LogP contribution in [0.4, 0.5) is 0 Å². The number of rotatable bonds is 4. The number of aromatic nitrogens is 2. The number of aromatic amines is 1. The minimum absolute atomic E-state index is 0.0894. The van der Waals surface area contributed by atoms with E-state index >= 15 is 0 Å². The van der Waals surface area contributed by atoms with Crippen LogP contribution in [0.1, 0.15) is 17.4 Å². The molecule has 6 heteroatoms. The van der Waals surface area contributed by atoms with Crippen LogP contribution in [0.25, 0.3) is 10.9 Å². The first kappa shape index (κ1) is 13.1. The Labute approximate surface area is 110 Å². The summed E-state index contributed by atoms with van der Waals surface area (Å²) < 4.78 is 4.81. The maximum Gasteiger partial charge on any atom is 0.325 e. The molecule has 2 aromatic rings. The zero-order chi connectivity index (χ0) is 13.8. The van der Waals surface area contributed by atoms with Crippen LogP contribution in [0.5, 0.6) is 0 Å². The summed E-state index contributed by atoms with van der Waals surface area (Å²) in [6, 6.07) is 7.34. The van der Waals surface area contributed by atoms with Gasteiger partial charge in [0.2, 0.25) is 0 Å². The van der Waals surface area contributed by atoms with Gasteiger partial charge in [-0.15, -0.1) is 0 Å². The second kappa shape index (κ2) is 5.51. The summed E-state index contributed by atoms with van der Waals surface area (Å²) in [7, 11) is 1.54. The Morgan fingerprint density at radius 1 is 1.37 bits per heavy atom. The molecule has 1 N–H and O–H groups in total. The number of amides is 1. The lowest BCUT2D eigenvalue weighted by molar-refractivity contribution is -0.143. The lowest BCUT2D eigenvalue weighted by atomic mass is 10.2. The lowest BCUT2D eigenvalue weighted by Gasteiger charge is -2.14. The number of H-pyrrole nitrogens is 1. The van der Waals surface area contributed by atoms with E-state index in [1.807, 2.05) is 24.3 Å². The number of nitrogens with zero attached hydrogens (tertiary/aromatic N) is 2. The molecule has 0 unspecified atom stereocenters. The van der Waals surface area contributed by atoms with Gasteiger partial charge in [0.15, 0.2) is 5.69 Å². The van der Waals surface area contributed by atoms with Crippen molar-refractivity contribution in [3.05, 3.63) is 30.0 Å². The Balaban J connectivity index is 2.17. The van der Waals surface area contributed by atoms with Crippen LogP contribution in [0.2, 0.25) is 0 Å². The molecule has 19 heavy (non-hydrogen) atoms. The summed E-state index contributed by atoms with van der Waals surface area (Å²) in [5.41, 5.74) is 1.10. The van der Waals surface area contributed by atoms with Crippen LogP contribution in [-0.2, 0) is 9.53 Å². The van der Waals surface area contributed by atoms with E-state index in [0.29, 0.717) is 12.3 Å². The van der Waals surface area contributed by atoms with Crippen LogP contribution in [0.15, 0.2) is 24.3 Å². The second-order valence-electron chi connectivity index (χ2n) is 4.08. The van der Waals surface area contributed by atoms with Crippen molar-refractivity contribution >= 4 is 22.8 Å². The van der Waals surface area contributed by atoms with Crippen LogP contribution in [0.3, 0.4) is 0 Å². The number of para-hydroxylation sites is 1. The van der Waals surface area contributed by atoms with Crippen molar-refractivity contribution in [2.75, 3.05) is 20.2 Å². The Morgan fingerprint density at radius 3 is 2.84 bits per heavy atom. The highest BCUT2D eigenvalue weighted by Gasteiger charge is 2.20. The van der Waals surface area contributed by atoms with E-state index in [1.165, 1.54) is 4.90 Å². The number of carbonyl (C=O) groups excluding carboxylic acids is 2. The maximum absolute atomic E-state index is 12.2. The van der Waals surface area contributed by atoms with Gasteiger partial charge in [-0.3, -0.25) is 14.7 Å². The Kier molecular flexibility index (Phi) is 3.79. The number of fused-ring (bicyclic) bond motifs is 1. The number of esters is 1. The number of carbonyl (C=O) groups is 2. The van der Waals surface area contributed by atoms with Crippen molar-refractivity contribution in [3.63, 3.8) is 0 Å². The summed E-state index contributed by atoms with van der Waals surface area (Å²) >= 11 is 0. The second-order valence-corrected chi connectivity index (χ2v) is 4.08. The van der Waals surface area contributed by atoms with Crippen molar-refractivity contribution < 1.29 is 14.3 Å². The molecule has 0 spiro atoms. The first-order chi connectivity index (χ1) is 9.13. The number of likely N-dealkylation sites (N-methyl/N-ethyl adjacent to an activating group) is 1. The molecule has 0 atom stereocenters. The molecular weight excluding hydrogens is 246 g/mol. The summed E-state index contributed by atoms with van der Waals surface area (Å²) in [6.45, 7) is 1.93. The highest BCUT2D eigenvalue weighted by Crippen LogP contribution is 2.16. The molecule has 1 amide bonds. The van der Waals surface area contributed by atoms with Crippen molar-refractivity contribution in [1.29, 1.82) is 0 Å². The lowest BCUT2D eigenvalue weighted by Crippen LogP contribution is -2.33. The number of hydrogen-bond donors (Lipinski definition) is 1. The highest BCUT2D eigenvalue weighted by molar-refractivity contribution is 6.05. The van der Waals surface area contributed by atoms with Gasteiger partial charge in [-0.25, -0.2) is 0 Å². The van der Waals surface area contributed by atoms with Crippen LogP contribution in [-0.4, -0.2) is 47.2 Å². The Morgan fingerprint density at radius 2 is 2.11 bits per heavy atom. The molecule has 0 saturated heterocycles. The fraction of sp³-hybridized carbons (Fsp3) is 0.308. The Bertz CT molecular complexity index is 606. The molecule has 2 rings (SSSR count). The van der Waals surface area contributed by atoms with E-state index in [1.54, 1.807) is 14.0 Å². The average molecular weight is 261 g/mol. The van der Waals surface area contributed by atoms with Crippen molar-refractivity contribution in [3.8, 4) is 0 Å². The van der Waals surface area contributed by atoms with Gasteiger partial charge in [-0.1, -0.05) is 18.2 Å². The maximum atomic E-state index is 12.2. The Hall–Kier alpha value is -2.37. The summed E-state index contributed by atoms with van der Waals surface area (Å²) in [5.74, 6) is -0.747. The first-order valence-corrected chi connectivity index (χ1v) is 5.97. The van der Waals surface area contributed by atoms with E-state index in [4.69, 9.17) is 4.74 Å². The molecule has 1 aromatic carbocycles. The molecule has 6 nitrogen and oxygen atoms in total. The molecule has 1 heterocycles. The molecule has 0 radical (unpaired) electrons. The summed E-state index contributed by atoms with van der Waals surface area (Å²) in [6.07, 6.45) is 0. The monoisotopic (exact) mass is 261 g/mol. The normalized spacial score (nSPS) is 10.4. The van der Waals surface area contributed by atoms with Gasteiger partial charge in [0, 0.05) is 12.4 Å². The van der Waals surface area contributed by atoms with Crippen LogP contribution >= 0.6 is 0 Å². The molecule has 0 aliphatic carbocycles. The van der Waals surface area contributed by atoms with Gasteiger partial charge in [-0.2, -0.15) is 5.10 Å². The van der Waals surface area contributed by atoms with Gasteiger partial charge in [0.1, 0.15) is 6.54 Å². The SMILES string of the molecule is CCOC(=O)CN(C)C(=O)c1n[nH]c2ccccc12. The van der Waals surface area contributed by atoms with Gasteiger partial charge in [0.05, 0.1) is 12.1 Å². The van der Waals surface area contributed by atoms with Crippen molar-refractivity contribution in [2.45, 2.75) is 6.92 Å². The summed E-state index contributed by atoms with van der Waals surface area (Å²) in [5, 5.41) is 7.53. The number of nitrogens with one attached hydrogen (secondary N) is 1. The predicted molar refractivity (Wildman–Crippen MR) is 69.7 cm³/mol. The molecule has 0 aliphatic rings. The van der Waals surface area contributed by atoms with Crippen LogP contribution in [0, 0.1) is 0 Å². The number of benzene rings is 1. The van der Waals surface area contributed by atoms with E-state index < -0.39 is 5.97 Å². The third-order valence-corrected chi connectivity index (χ3v) is 2.69. The van der Waals surface area contributed by atoms with Gasteiger partial charge in [-0.05, 0) is 13.0 Å². The van der Waals surface area contributed by atoms with Crippen molar-refractivity contribution in [1.82, 2.24) is 15.1 Å². The van der Waals surface area contributed by atoms with E-state index in [0.717, 1.165) is 10.9 Å². The average Bonchev–Trinajstić information content (AvgIpc) is 2.81. The first-order valence-electron chi connectivity index (χ1n) is 5.97. The molecular formula is C13H15N3O3. The van der Waals surface area contributed by atoms with E-state index in [2.05, 4.69) is 10.2 Å². The quantitative estimate of drug-likeness (QED) is 0.839. The van der Waals surface area contributed by atoms with Gasteiger partial charge in [0.25, 0.3) is 5.91 Å².